The lowest BCUT2D eigenvalue weighted by molar-refractivity contribution is 0.610. The van der Waals surface area contributed by atoms with Crippen molar-refractivity contribution in [2.24, 2.45) is 0 Å². The van der Waals surface area contributed by atoms with E-state index >= 15 is 0 Å². The van der Waals surface area contributed by atoms with Gasteiger partial charge in [0.05, 0.1) is 11.4 Å². The summed E-state index contributed by atoms with van der Waals surface area (Å²) < 4.78 is 13.0. The quantitative estimate of drug-likeness (QED) is 0.688. The van der Waals surface area contributed by atoms with Crippen molar-refractivity contribution in [2.45, 2.75) is 13.8 Å². The number of pyridine rings is 1. The van der Waals surface area contributed by atoms with Gasteiger partial charge in [-0.3, -0.25) is 4.98 Å². The van der Waals surface area contributed by atoms with Crippen molar-refractivity contribution in [1.29, 1.82) is 0 Å². The summed E-state index contributed by atoms with van der Waals surface area (Å²) in [6, 6.07) is 11.2. The smallest absolute Gasteiger partial charge is 0.144 e. The number of halogens is 1. The molecule has 1 heterocycles. The Morgan fingerprint density at radius 3 is 2.53 bits per heavy atom. The van der Waals surface area contributed by atoms with Crippen LogP contribution in [0.5, 0.6) is 0 Å². The van der Waals surface area contributed by atoms with Gasteiger partial charge in [0.1, 0.15) is 5.82 Å². The molecule has 1 aromatic carbocycles. The van der Waals surface area contributed by atoms with E-state index in [1.807, 2.05) is 31.2 Å². The van der Waals surface area contributed by atoms with Crippen molar-refractivity contribution < 1.29 is 4.39 Å². The molecular formula is C13H12FN. The minimum Gasteiger partial charge on any atom is -0.250 e. The van der Waals surface area contributed by atoms with Crippen molar-refractivity contribution in [3.8, 4) is 11.3 Å². The zero-order valence-electron chi connectivity index (χ0n) is 8.79. The molecule has 0 fully saturated rings. The van der Waals surface area contributed by atoms with Crippen LogP contribution in [0.2, 0.25) is 0 Å². The number of benzene rings is 1. The highest BCUT2D eigenvalue weighted by molar-refractivity contribution is 5.60. The molecule has 0 atom stereocenters. The lowest BCUT2D eigenvalue weighted by Gasteiger charge is -2.03. The fraction of sp³-hybridized carbons (Fsp3) is 0.154. The number of rotatable bonds is 1. The summed E-state index contributed by atoms with van der Waals surface area (Å²) in [5, 5.41) is 0. The molecule has 15 heavy (non-hydrogen) atoms. The van der Waals surface area contributed by atoms with E-state index in [1.54, 1.807) is 13.0 Å². The Kier molecular flexibility index (Phi) is 2.50. The normalized spacial score (nSPS) is 10.3. The molecule has 0 saturated carbocycles. The number of aryl methyl sites for hydroxylation is 2. The van der Waals surface area contributed by atoms with Crippen molar-refractivity contribution in [3.05, 3.63) is 53.5 Å². The molecule has 0 radical (unpaired) electrons. The Labute approximate surface area is 88.6 Å². The van der Waals surface area contributed by atoms with Crippen LogP contribution in [0.15, 0.2) is 36.4 Å². The molecule has 0 aliphatic carbocycles. The maximum absolute atomic E-state index is 13.0. The summed E-state index contributed by atoms with van der Waals surface area (Å²) in [5.74, 6) is -0.258. The fourth-order valence-electron chi connectivity index (χ4n) is 1.51. The summed E-state index contributed by atoms with van der Waals surface area (Å²) in [7, 11) is 0. The molecule has 0 aliphatic heterocycles. The van der Waals surface area contributed by atoms with Gasteiger partial charge in [0, 0.05) is 5.56 Å². The summed E-state index contributed by atoms with van der Waals surface area (Å²) >= 11 is 0. The molecule has 76 valence electrons. The second kappa shape index (κ2) is 3.81. The molecule has 1 nitrogen and oxygen atoms in total. The van der Waals surface area contributed by atoms with Gasteiger partial charge in [-0.2, -0.15) is 0 Å². The van der Waals surface area contributed by atoms with E-state index in [2.05, 4.69) is 4.98 Å². The molecule has 0 spiro atoms. The third-order valence-electron chi connectivity index (χ3n) is 2.34. The van der Waals surface area contributed by atoms with Crippen LogP contribution in [0.4, 0.5) is 4.39 Å². The van der Waals surface area contributed by atoms with Gasteiger partial charge in [0.15, 0.2) is 0 Å². The maximum Gasteiger partial charge on any atom is 0.144 e. The lowest BCUT2D eigenvalue weighted by atomic mass is 10.1. The van der Waals surface area contributed by atoms with Gasteiger partial charge >= 0.3 is 0 Å². The zero-order chi connectivity index (χ0) is 10.8. The number of nitrogens with zero attached hydrogens (tertiary/aromatic N) is 1. The first-order valence-corrected chi connectivity index (χ1v) is 4.87. The second-order valence-electron chi connectivity index (χ2n) is 3.63. The highest BCUT2D eigenvalue weighted by atomic mass is 19.1. The van der Waals surface area contributed by atoms with Crippen molar-refractivity contribution >= 4 is 0 Å². The van der Waals surface area contributed by atoms with Gasteiger partial charge in [0.25, 0.3) is 0 Å². The van der Waals surface area contributed by atoms with E-state index in [4.69, 9.17) is 0 Å². The first-order valence-electron chi connectivity index (χ1n) is 4.87. The molecule has 0 saturated heterocycles. The Hall–Kier alpha value is -1.70. The van der Waals surface area contributed by atoms with Gasteiger partial charge < -0.3 is 0 Å². The predicted molar refractivity (Wildman–Crippen MR) is 59.1 cm³/mol. The zero-order valence-corrected chi connectivity index (χ0v) is 8.79. The average molecular weight is 201 g/mol. The predicted octanol–water partition coefficient (Wildman–Crippen LogP) is 3.50. The van der Waals surface area contributed by atoms with Crippen LogP contribution in [0, 0.1) is 19.7 Å². The largest absolute Gasteiger partial charge is 0.250 e. The van der Waals surface area contributed by atoms with Crippen molar-refractivity contribution in [2.75, 3.05) is 0 Å². The molecule has 2 aromatic rings. The first kappa shape index (κ1) is 9.84. The van der Waals surface area contributed by atoms with Gasteiger partial charge in [-0.1, -0.05) is 23.8 Å². The summed E-state index contributed by atoms with van der Waals surface area (Å²) in [5.41, 5.74) is 3.46. The molecule has 0 amide bonds. The number of hydrogen-bond acceptors (Lipinski definition) is 1. The van der Waals surface area contributed by atoms with Gasteiger partial charge in [-0.15, -0.1) is 0 Å². The lowest BCUT2D eigenvalue weighted by Crippen LogP contribution is -1.90. The van der Waals surface area contributed by atoms with Crippen LogP contribution >= 0.6 is 0 Å². The van der Waals surface area contributed by atoms with Crippen molar-refractivity contribution in [1.82, 2.24) is 4.98 Å². The van der Waals surface area contributed by atoms with E-state index in [9.17, 15) is 4.39 Å². The van der Waals surface area contributed by atoms with Crippen LogP contribution in [0.25, 0.3) is 11.3 Å². The van der Waals surface area contributed by atoms with Gasteiger partial charge in [-0.25, -0.2) is 4.39 Å². The summed E-state index contributed by atoms with van der Waals surface area (Å²) in [4.78, 5) is 4.21. The number of hydrogen-bond donors (Lipinski definition) is 0. The van der Waals surface area contributed by atoms with E-state index in [0.29, 0.717) is 5.69 Å². The Morgan fingerprint density at radius 1 is 1.07 bits per heavy atom. The van der Waals surface area contributed by atoms with Crippen LogP contribution in [-0.4, -0.2) is 4.98 Å². The molecule has 0 aliphatic rings. The Balaban J connectivity index is 2.50. The standard InChI is InChI=1S/C13H12FN/c1-9-4-3-5-11(8-9)13-7-6-12(14)10(2)15-13/h3-8H,1-2H3. The Morgan fingerprint density at radius 2 is 1.87 bits per heavy atom. The second-order valence-corrected chi connectivity index (χ2v) is 3.63. The first-order chi connectivity index (χ1) is 7.16. The maximum atomic E-state index is 13.0. The van der Waals surface area contributed by atoms with Crippen molar-refractivity contribution in [3.63, 3.8) is 0 Å². The van der Waals surface area contributed by atoms with Gasteiger partial charge in [0.2, 0.25) is 0 Å². The topological polar surface area (TPSA) is 12.9 Å². The monoisotopic (exact) mass is 201 g/mol. The highest BCUT2D eigenvalue weighted by Gasteiger charge is 2.02. The van der Waals surface area contributed by atoms with E-state index < -0.39 is 0 Å². The Bertz CT molecular complexity index is 492. The van der Waals surface area contributed by atoms with Crippen LogP contribution in [0.3, 0.4) is 0 Å². The summed E-state index contributed by atoms with van der Waals surface area (Å²) in [6.07, 6.45) is 0. The van der Waals surface area contributed by atoms with E-state index in [1.165, 1.54) is 11.6 Å². The molecule has 2 rings (SSSR count). The molecule has 2 heteroatoms. The SMILES string of the molecule is Cc1cccc(-c2ccc(F)c(C)n2)c1. The molecule has 0 unspecified atom stereocenters. The minimum absolute atomic E-state index is 0.258. The van der Waals surface area contributed by atoms with E-state index in [-0.39, 0.29) is 5.82 Å². The fourth-order valence-corrected chi connectivity index (χ4v) is 1.51. The molecular weight excluding hydrogens is 189 g/mol. The minimum atomic E-state index is -0.258. The third kappa shape index (κ3) is 2.04. The third-order valence-corrected chi connectivity index (χ3v) is 2.34. The molecule has 0 bridgehead atoms. The van der Waals surface area contributed by atoms with E-state index in [0.717, 1.165) is 11.3 Å². The number of aromatic nitrogens is 1. The molecule has 1 aromatic heterocycles. The highest BCUT2D eigenvalue weighted by Crippen LogP contribution is 2.19. The van der Waals surface area contributed by atoms with Crippen LogP contribution < -0.4 is 0 Å². The van der Waals surface area contributed by atoms with Crippen LogP contribution in [-0.2, 0) is 0 Å². The van der Waals surface area contributed by atoms with Gasteiger partial charge in [-0.05, 0) is 32.0 Å². The van der Waals surface area contributed by atoms with Crippen LogP contribution in [0.1, 0.15) is 11.3 Å². The summed E-state index contributed by atoms with van der Waals surface area (Å²) in [6.45, 7) is 3.70. The average Bonchev–Trinajstić information content (AvgIpc) is 2.22. The molecule has 0 N–H and O–H groups in total.